The van der Waals surface area contributed by atoms with E-state index in [1.165, 1.54) is 44.9 Å². The Balaban J connectivity index is 1.53. The minimum absolute atomic E-state index is 0.434. The van der Waals surface area contributed by atoms with Crippen molar-refractivity contribution in [1.29, 1.82) is 0 Å². The maximum absolute atomic E-state index is 6.12. The van der Waals surface area contributed by atoms with Crippen LogP contribution in [0.2, 0.25) is 0 Å². The van der Waals surface area contributed by atoms with E-state index in [-0.39, 0.29) is 0 Å². The van der Waals surface area contributed by atoms with Crippen LogP contribution < -0.4 is 11.1 Å². The molecule has 0 radical (unpaired) electrons. The highest BCUT2D eigenvalue weighted by molar-refractivity contribution is 4.79. The van der Waals surface area contributed by atoms with Gasteiger partial charge in [0.1, 0.15) is 0 Å². The molecule has 1 saturated heterocycles. The molecule has 3 N–H and O–H groups in total. The quantitative estimate of drug-likeness (QED) is 0.701. The Hall–Kier alpha value is -0.120. The topological polar surface area (TPSA) is 47.3 Å². The maximum atomic E-state index is 6.12. The standard InChI is InChI=1S/C13H26N2O/c14-13-6-2-1-4-11(13)10-15-8-7-12-5-3-9-16-12/h11-13,15H,1-10,14H2. The Labute approximate surface area is 99.1 Å². The van der Waals surface area contributed by atoms with Gasteiger partial charge in [-0.05, 0) is 51.1 Å². The first-order chi connectivity index (χ1) is 7.86. The lowest BCUT2D eigenvalue weighted by Crippen LogP contribution is -2.39. The van der Waals surface area contributed by atoms with Crippen LogP contribution in [0.3, 0.4) is 0 Å². The normalized spacial score (nSPS) is 35.4. The molecule has 94 valence electrons. The summed E-state index contributed by atoms with van der Waals surface area (Å²) in [4.78, 5) is 0. The van der Waals surface area contributed by atoms with Gasteiger partial charge in [0.25, 0.3) is 0 Å². The lowest BCUT2D eigenvalue weighted by molar-refractivity contribution is 0.104. The molecule has 0 amide bonds. The van der Waals surface area contributed by atoms with Crippen molar-refractivity contribution in [1.82, 2.24) is 5.32 Å². The van der Waals surface area contributed by atoms with Crippen molar-refractivity contribution in [3.63, 3.8) is 0 Å². The molecule has 2 rings (SSSR count). The Morgan fingerprint density at radius 2 is 2.00 bits per heavy atom. The van der Waals surface area contributed by atoms with Crippen molar-refractivity contribution in [3.8, 4) is 0 Å². The Kier molecular flexibility index (Phi) is 5.07. The minimum Gasteiger partial charge on any atom is -0.378 e. The highest BCUT2D eigenvalue weighted by Crippen LogP contribution is 2.22. The van der Waals surface area contributed by atoms with Crippen molar-refractivity contribution < 1.29 is 4.74 Å². The molecule has 0 aromatic carbocycles. The van der Waals surface area contributed by atoms with Gasteiger partial charge in [-0.3, -0.25) is 0 Å². The van der Waals surface area contributed by atoms with Crippen molar-refractivity contribution in [2.24, 2.45) is 11.7 Å². The Morgan fingerprint density at radius 1 is 1.12 bits per heavy atom. The summed E-state index contributed by atoms with van der Waals surface area (Å²) < 4.78 is 5.60. The number of rotatable bonds is 5. The molecule has 16 heavy (non-hydrogen) atoms. The second-order valence-corrected chi connectivity index (χ2v) is 5.34. The SMILES string of the molecule is NC1CCCCC1CNCCC1CCCO1. The summed E-state index contributed by atoms with van der Waals surface area (Å²) in [5.74, 6) is 0.707. The predicted molar refractivity (Wildman–Crippen MR) is 66.4 cm³/mol. The number of hydrogen-bond acceptors (Lipinski definition) is 3. The second-order valence-electron chi connectivity index (χ2n) is 5.34. The van der Waals surface area contributed by atoms with Crippen molar-refractivity contribution in [2.75, 3.05) is 19.7 Å². The van der Waals surface area contributed by atoms with E-state index < -0.39 is 0 Å². The van der Waals surface area contributed by atoms with E-state index in [0.29, 0.717) is 18.1 Å². The van der Waals surface area contributed by atoms with Gasteiger partial charge in [0.2, 0.25) is 0 Å². The van der Waals surface area contributed by atoms with E-state index in [4.69, 9.17) is 10.5 Å². The summed E-state index contributed by atoms with van der Waals surface area (Å²) in [6.45, 7) is 3.17. The van der Waals surface area contributed by atoms with Crippen molar-refractivity contribution in [3.05, 3.63) is 0 Å². The Morgan fingerprint density at radius 3 is 2.75 bits per heavy atom. The molecule has 0 aromatic heterocycles. The summed E-state index contributed by atoms with van der Waals surface area (Å²) >= 11 is 0. The molecular weight excluding hydrogens is 200 g/mol. The summed E-state index contributed by atoms with van der Waals surface area (Å²) in [5.41, 5.74) is 6.12. The van der Waals surface area contributed by atoms with Gasteiger partial charge < -0.3 is 15.8 Å². The summed E-state index contributed by atoms with van der Waals surface area (Å²) in [6.07, 6.45) is 9.42. The van der Waals surface area contributed by atoms with Gasteiger partial charge in [-0.2, -0.15) is 0 Å². The van der Waals surface area contributed by atoms with Crippen LogP contribution in [-0.2, 0) is 4.74 Å². The van der Waals surface area contributed by atoms with Crippen LogP contribution >= 0.6 is 0 Å². The highest BCUT2D eigenvalue weighted by Gasteiger charge is 2.21. The molecule has 2 fully saturated rings. The molecule has 2 aliphatic rings. The molecule has 3 heteroatoms. The zero-order chi connectivity index (χ0) is 11.2. The van der Waals surface area contributed by atoms with Gasteiger partial charge in [-0.15, -0.1) is 0 Å². The van der Waals surface area contributed by atoms with Crippen molar-refractivity contribution >= 4 is 0 Å². The number of nitrogens with two attached hydrogens (primary N) is 1. The van der Waals surface area contributed by atoms with Crippen LogP contribution in [0.15, 0.2) is 0 Å². The molecular formula is C13H26N2O. The summed E-state index contributed by atoms with van der Waals surface area (Å²) in [7, 11) is 0. The fraction of sp³-hybridized carbons (Fsp3) is 1.00. The van der Waals surface area contributed by atoms with E-state index in [2.05, 4.69) is 5.32 Å². The highest BCUT2D eigenvalue weighted by atomic mass is 16.5. The number of hydrogen-bond donors (Lipinski definition) is 2. The smallest absolute Gasteiger partial charge is 0.0588 e. The van der Waals surface area contributed by atoms with Crippen molar-refractivity contribution in [2.45, 2.75) is 57.1 Å². The molecule has 1 saturated carbocycles. The third-order valence-corrected chi connectivity index (χ3v) is 4.04. The molecule has 0 aromatic rings. The van der Waals surface area contributed by atoms with Crippen LogP contribution in [-0.4, -0.2) is 31.8 Å². The number of nitrogens with one attached hydrogen (secondary N) is 1. The molecule has 1 heterocycles. The first kappa shape index (κ1) is 12.3. The molecule has 3 nitrogen and oxygen atoms in total. The third-order valence-electron chi connectivity index (χ3n) is 4.04. The first-order valence-electron chi connectivity index (χ1n) is 6.94. The van der Waals surface area contributed by atoms with E-state index in [1.807, 2.05) is 0 Å². The molecule has 1 aliphatic carbocycles. The third kappa shape index (κ3) is 3.72. The van der Waals surface area contributed by atoms with Gasteiger partial charge in [-0.25, -0.2) is 0 Å². The Bertz CT molecular complexity index is 192. The average molecular weight is 226 g/mol. The van der Waals surface area contributed by atoms with Gasteiger partial charge in [-0.1, -0.05) is 12.8 Å². The lowest BCUT2D eigenvalue weighted by atomic mass is 9.85. The second kappa shape index (κ2) is 6.58. The lowest BCUT2D eigenvalue weighted by Gasteiger charge is -2.28. The van der Waals surface area contributed by atoms with E-state index in [1.54, 1.807) is 0 Å². The van der Waals surface area contributed by atoms with Crippen LogP contribution in [0, 0.1) is 5.92 Å². The van der Waals surface area contributed by atoms with E-state index >= 15 is 0 Å². The fourth-order valence-corrected chi connectivity index (χ4v) is 2.91. The van der Waals surface area contributed by atoms with Crippen LogP contribution in [0.1, 0.15) is 44.9 Å². The molecule has 3 unspecified atom stereocenters. The summed E-state index contributed by atoms with van der Waals surface area (Å²) in [5, 5.41) is 3.55. The molecule has 1 aliphatic heterocycles. The fourth-order valence-electron chi connectivity index (χ4n) is 2.91. The predicted octanol–water partition coefficient (Wildman–Crippen LogP) is 1.66. The van der Waals surface area contributed by atoms with E-state index in [9.17, 15) is 0 Å². The average Bonchev–Trinajstić information content (AvgIpc) is 2.79. The first-order valence-corrected chi connectivity index (χ1v) is 6.94. The monoisotopic (exact) mass is 226 g/mol. The molecule has 0 bridgehead atoms. The van der Waals surface area contributed by atoms with Crippen LogP contribution in [0.4, 0.5) is 0 Å². The zero-order valence-electron chi connectivity index (χ0n) is 10.3. The molecule has 0 spiro atoms. The summed E-state index contributed by atoms with van der Waals surface area (Å²) in [6, 6.07) is 0.434. The van der Waals surface area contributed by atoms with Gasteiger partial charge >= 0.3 is 0 Å². The van der Waals surface area contributed by atoms with Crippen LogP contribution in [0.25, 0.3) is 0 Å². The number of ether oxygens (including phenoxy) is 1. The zero-order valence-corrected chi connectivity index (χ0v) is 10.3. The maximum Gasteiger partial charge on any atom is 0.0588 e. The largest absolute Gasteiger partial charge is 0.378 e. The van der Waals surface area contributed by atoms with Gasteiger partial charge in [0.15, 0.2) is 0 Å². The van der Waals surface area contributed by atoms with Gasteiger partial charge in [0, 0.05) is 12.6 Å². The van der Waals surface area contributed by atoms with Crippen LogP contribution in [0.5, 0.6) is 0 Å². The van der Waals surface area contributed by atoms with E-state index in [0.717, 1.165) is 19.7 Å². The van der Waals surface area contributed by atoms with Gasteiger partial charge in [0.05, 0.1) is 6.10 Å². The minimum atomic E-state index is 0.434. The molecule has 3 atom stereocenters.